The van der Waals surface area contributed by atoms with Gasteiger partial charge in [-0.15, -0.1) is 0 Å². The summed E-state index contributed by atoms with van der Waals surface area (Å²) in [5, 5.41) is 3.53. The van der Waals surface area contributed by atoms with E-state index in [1.807, 2.05) is 44.2 Å². The number of fused-ring (bicyclic) bond motifs is 1. The summed E-state index contributed by atoms with van der Waals surface area (Å²) in [6, 6.07) is 12.8. The van der Waals surface area contributed by atoms with Gasteiger partial charge in [0.1, 0.15) is 6.54 Å². The second-order valence-corrected chi connectivity index (χ2v) is 6.75. The zero-order valence-corrected chi connectivity index (χ0v) is 15.1. The van der Waals surface area contributed by atoms with Crippen LogP contribution >= 0.6 is 15.9 Å². The number of benzene rings is 2. The van der Waals surface area contributed by atoms with Gasteiger partial charge >= 0.3 is 0 Å². The summed E-state index contributed by atoms with van der Waals surface area (Å²) in [6.45, 7) is 4.12. The molecule has 0 atom stereocenters. The van der Waals surface area contributed by atoms with Crippen molar-refractivity contribution in [3.8, 4) is 0 Å². The van der Waals surface area contributed by atoms with E-state index in [1.54, 1.807) is 16.8 Å². The van der Waals surface area contributed by atoms with Crippen LogP contribution in [0.1, 0.15) is 11.1 Å². The summed E-state index contributed by atoms with van der Waals surface area (Å²) in [4.78, 5) is 24.4. The molecule has 0 spiro atoms. The van der Waals surface area contributed by atoms with E-state index < -0.39 is 0 Å². The molecule has 24 heavy (non-hydrogen) atoms. The van der Waals surface area contributed by atoms with Crippen molar-refractivity contribution in [2.45, 2.75) is 20.4 Å². The molecular weight excluding hydrogens is 368 g/mol. The maximum atomic E-state index is 12.4. The molecule has 4 nitrogen and oxygen atoms in total. The summed E-state index contributed by atoms with van der Waals surface area (Å²) in [5.74, 6) is -0.133. The minimum absolute atomic E-state index is 0.0523. The van der Waals surface area contributed by atoms with Crippen LogP contribution in [-0.4, -0.2) is 10.5 Å². The Morgan fingerprint density at radius 3 is 2.67 bits per heavy atom. The largest absolute Gasteiger partial charge is 0.338 e. The topological polar surface area (TPSA) is 51.1 Å². The van der Waals surface area contributed by atoms with Crippen LogP contribution in [0.15, 0.2) is 57.9 Å². The van der Waals surface area contributed by atoms with Gasteiger partial charge < -0.3 is 9.88 Å². The van der Waals surface area contributed by atoms with Crippen LogP contribution in [0.2, 0.25) is 0 Å². The van der Waals surface area contributed by atoms with Gasteiger partial charge in [0, 0.05) is 27.8 Å². The van der Waals surface area contributed by atoms with Crippen LogP contribution in [-0.2, 0) is 11.3 Å². The van der Waals surface area contributed by atoms with Gasteiger partial charge in [-0.2, -0.15) is 0 Å². The molecule has 0 saturated heterocycles. The summed E-state index contributed by atoms with van der Waals surface area (Å²) in [6.07, 6.45) is 1.65. The highest BCUT2D eigenvalue weighted by Crippen LogP contribution is 2.18. The van der Waals surface area contributed by atoms with Crippen molar-refractivity contribution in [2.75, 3.05) is 5.32 Å². The smallest absolute Gasteiger partial charge is 0.244 e. The summed E-state index contributed by atoms with van der Waals surface area (Å²) >= 11 is 3.41. The van der Waals surface area contributed by atoms with Crippen LogP contribution < -0.4 is 10.7 Å². The molecule has 2 aromatic carbocycles. The van der Waals surface area contributed by atoms with E-state index >= 15 is 0 Å². The van der Waals surface area contributed by atoms with Crippen LogP contribution in [0, 0.1) is 13.8 Å². The molecule has 1 amide bonds. The van der Waals surface area contributed by atoms with Gasteiger partial charge in [-0.25, -0.2) is 0 Å². The number of nitrogens with zero attached hydrogens (tertiary/aromatic N) is 1. The average molecular weight is 385 g/mol. The Bertz CT molecular complexity index is 992. The van der Waals surface area contributed by atoms with Gasteiger partial charge in [-0.3, -0.25) is 9.59 Å². The third-order valence-electron chi connectivity index (χ3n) is 3.91. The molecule has 122 valence electrons. The van der Waals surface area contributed by atoms with Crippen LogP contribution in [0.3, 0.4) is 0 Å². The molecule has 0 radical (unpaired) electrons. The lowest BCUT2D eigenvalue weighted by Crippen LogP contribution is -2.20. The molecule has 3 rings (SSSR count). The maximum absolute atomic E-state index is 12.4. The molecule has 0 fully saturated rings. The molecule has 1 aromatic heterocycles. The molecule has 0 aliphatic heterocycles. The van der Waals surface area contributed by atoms with Gasteiger partial charge in [-0.05, 0) is 43.7 Å². The number of aromatic nitrogens is 1. The number of hydrogen-bond acceptors (Lipinski definition) is 2. The molecule has 3 aromatic rings. The Hall–Kier alpha value is -2.40. The minimum atomic E-state index is -0.133. The first-order chi connectivity index (χ1) is 11.4. The number of amides is 1. The normalized spacial score (nSPS) is 10.8. The number of carbonyl (C=O) groups excluding carboxylic acids is 1. The zero-order chi connectivity index (χ0) is 17.3. The highest BCUT2D eigenvalue weighted by atomic mass is 79.9. The van der Waals surface area contributed by atoms with Crippen LogP contribution in [0.5, 0.6) is 0 Å². The molecule has 0 saturated carbocycles. The minimum Gasteiger partial charge on any atom is -0.338 e. The van der Waals surface area contributed by atoms with Crippen molar-refractivity contribution >= 4 is 38.4 Å². The molecular formula is C19H17BrN2O2. The number of aryl methyl sites for hydroxylation is 2. The standard InChI is InChI=1S/C19H17BrN2O2/c1-12-3-6-16(13(2)9-12)21-19(24)11-22-8-7-18(23)15-5-4-14(20)10-17(15)22/h3-10H,11H2,1-2H3,(H,21,24). The predicted molar refractivity (Wildman–Crippen MR) is 100 cm³/mol. The van der Waals surface area contributed by atoms with Crippen molar-refractivity contribution in [1.29, 1.82) is 0 Å². The Balaban J connectivity index is 1.89. The fourth-order valence-corrected chi connectivity index (χ4v) is 3.06. The monoisotopic (exact) mass is 384 g/mol. The van der Waals surface area contributed by atoms with Gasteiger partial charge in [0.05, 0.1) is 5.52 Å². The van der Waals surface area contributed by atoms with E-state index in [0.717, 1.165) is 26.8 Å². The Kier molecular flexibility index (Phi) is 4.53. The molecule has 1 N–H and O–H groups in total. The number of halogens is 1. The predicted octanol–water partition coefficient (Wildman–Crippen LogP) is 4.02. The van der Waals surface area contributed by atoms with Crippen molar-refractivity contribution in [2.24, 2.45) is 0 Å². The zero-order valence-electron chi connectivity index (χ0n) is 13.5. The number of anilines is 1. The van der Waals surface area contributed by atoms with Crippen molar-refractivity contribution in [3.05, 3.63) is 74.5 Å². The molecule has 0 unspecified atom stereocenters. The third-order valence-corrected chi connectivity index (χ3v) is 4.40. The van der Waals surface area contributed by atoms with E-state index in [0.29, 0.717) is 5.39 Å². The quantitative estimate of drug-likeness (QED) is 0.741. The molecule has 5 heteroatoms. The highest BCUT2D eigenvalue weighted by molar-refractivity contribution is 9.10. The Morgan fingerprint density at radius 2 is 1.92 bits per heavy atom. The molecule has 0 aliphatic rings. The highest BCUT2D eigenvalue weighted by Gasteiger charge is 2.09. The summed E-state index contributed by atoms with van der Waals surface area (Å²) < 4.78 is 2.64. The molecule has 1 heterocycles. The number of hydrogen-bond donors (Lipinski definition) is 1. The lowest BCUT2D eigenvalue weighted by Gasteiger charge is -2.13. The molecule has 0 aliphatic carbocycles. The van der Waals surface area contributed by atoms with Gasteiger partial charge in [-0.1, -0.05) is 33.6 Å². The number of rotatable bonds is 3. The van der Waals surface area contributed by atoms with Gasteiger partial charge in [0.2, 0.25) is 5.91 Å². The Labute approximate surface area is 148 Å². The number of carbonyl (C=O) groups is 1. The van der Waals surface area contributed by atoms with Crippen molar-refractivity contribution < 1.29 is 4.79 Å². The maximum Gasteiger partial charge on any atom is 0.244 e. The van der Waals surface area contributed by atoms with E-state index in [1.165, 1.54) is 6.07 Å². The lowest BCUT2D eigenvalue weighted by molar-refractivity contribution is -0.116. The number of nitrogens with one attached hydrogen (secondary N) is 1. The first kappa shape index (κ1) is 16.5. The lowest BCUT2D eigenvalue weighted by atomic mass is 10.1. The number of pyridine rings is 1. The second-order valence-electron chi connectivity index (χ2n) is 5.84. The van der Waals surface area contributed by atoms with Crippen LogP contribution in [0.4, 0.5) is 5.69 Å². The van der Waals surface area contributed by atoms with Gasteiger partial charge in [0.15, 0.2) is 5.43 Å². The van der Waals surface area contributed by atoms with E-state index in [2.05, 4.69) is 21.2 Å². The summed E-state index contributed by atoms with van der Waals surface area (Å²) in [5.41, 5.74) is 3.66. The van der Waals surface area contributed by atoms with E-state index in [9.17, 15) is 9.59 Å². The van der Waals surface area contributed by atoms with E-state index in [4.69, 9.17) is 0 Å². The van der Waals surface area contributed by atoms with Gasteiger partial charge in [0.25, 0.3) is 0 Å². The SMILES string of the molecule is Cc1ccc(NC(=O)Cn2ccc(=O)c3ccc(Br)cc32)c(C)c1. The fraction of sp³-hybridized carbons (Fsp3) is 0.158. The second kappa shape index (κ2) is 6.61. The molecule has 0 bridgehead atoms. The fourth-order valence-electron chi connectivity index (χ4n) is 2.71. The van der Waals surface area contributed by atoms with E-state index in [-0.39, 0.29) is 17.9 Å². The third kappa shape index (κ3) is 3.41. The summed E-state index contributed by atoms with van der Waals surface area (Å²) in [7, 11) is 0. The Morgan fingerprint density at radius 1 is 1.12 bits per heavy atom. The first-order valence-electron chi connectivity index (χ1n) is 7.60. The van der Waals surface area contributed by atoms with Crippen molar-refractivity contribution in [3.63, 3.8) is 0 Å². The van der Waals surface area contributed by atoms with Crippen molar-refractivity contribution in [1.82, 2.24) is 4.57 Å². The average Bonchev–Trinajstić information content (AvgIpc) is 2.53. The first-order valence-corrected chi connectivity index (χ1v) is 8.39. The van der Waals surface area contributed by atoms with Crippen LogP contribution in [0.25, 0.3) is 10.9 Å².